The van der Waals surface area contributed by atoms with Crippen molar-refractivity contribution in [2.45, 2.75) is 45.4 Å². The van der Waals surface area contributed by atoms with E-state index < -0.39 is 0 Å². The Morgan fingerprint density at radius 1 is 0.697 bits per heavy atom. The van der Waals surface area contributed by atoms with Gasteiger partial charge in [-0.15, -0.1) is 0 Å². The molecule has 1 heteroatoms. The van der Waals surface area contributed by atoms with E-state index in [9.17, 15) is 0 Å². The van der Waals surface area contributed by atoms with E-state index in [1.54, 1.807) is 0 Å². The van der Waals surface area contributed by atoms with Gasteiger partial charge in [0, 0.05) is 5.92 Å². The lowest BCUT2D eigenvalue weighted by Crippen LogP contribution is -2.59. The molecule has 0 unspecified atom stereocenters. The molecule has 2 aliphatic rings. The summed E-state index contributed by atoms with van der Waals surface area (Å²) in [5, 5.41) is 0. The van der Waals surface area contributed by atoms with Gasteiger partial charge in [0.1, 0.15) is 0 Å². The van der Waals surface area contributed by atoms with Crippen LogP contribution in [0.5, 0.6) is 0 Å². The van der Waals surface area contributed by atoms with E-state index in [1.165, 1.54) is 56.2 Å². The van der Waals surface area contributed by atoms with Crippen LogP contribution in [0, 0.1) is 26.7 Å². The topological polar surface area (TPSA) is 0 Å². The first-order valence-corrected chi connectivity index (χ1v) is 12.3. The van der Waals surface area contributed by atoms with Gasteiger partial charge in [0.2, 0.25) is 6.71 Å². The Kier molecular flexibility index (Phi) is 4.66. The summed E-state index contributed by atoms with van der Waals surface area (Å²) in [6, 6.07) is 34.4. The molecule has 0 amide bonds. The zero-order valence-electron chi connectivity index (χ0n) is 20.1. The molecule has 4 aromatic carbocycles. The Balaban J connectivity index is 1.55. The van der Waals surface area contributed by atoms with Crippen LogP contribution in [0.15, 0.2) is 91.0 Å². The van der Waals surface area contributed by atoms with Gasteiger partial charge in [-0.25, -0.2) is 0 Å². The molecule has 1 heterocycles. The van der Waals surface area contributed by atoms with Gasteiger partial charge >= 0.3 is 0 Å². The number of fused-ring (bicyclic) bond motifs is 2. The van der Waals surface area contributed by atoms with Crippen molar-refractivity contribution in [3.05, 3.63) is 124 Å². The van der Waals surface area contributed by atoms with E-state index in [4.69, 9.17) is 0 Å². The lowest BCUT2D eigenvalue weighted by molar-refractivity contribution is 0.597. The fourth-order valence-corrected chi connectivity index (χ4v) is 6.87. The standard InChI is InChI=1S/C32H31B/c1-21-18-22(2)31(23(3)19-21)33-28-16-10-8-14-25(28)30(26-15-9-11-17-29(26)33)27-20-32(27,4)24-12-6-5-7-13-24/h5-19,27,30H,20H2,1-4H3/t27-,32+/m0/s1. The molecule has 0 bridgehead atoms. The van der Waals surface area contributed by atoms with Crippen molar-refractivity contribution in [2.75, 3.05) is 0 Å². The van der Waals surface area contributed by atoms with Gasteiger partial charge in [-0.2, -0.15) is 0 Å². The Labute approximate surface area is 198 Å². The number of rotatable bonds is 3. The third-order valence-electron chi connectivity index (χ3n) is 8.45. The largest absolute Gasteiger partial charge is 0.242 e. The van der Waals surface area contributed by atoms with Crippen molar-refractivity contribution in [2.24, 2.45) is 5.92 Å². The highest BCUT2D eigenvalue weighted by atomic mass is 14.6. The average Bonchev–Trinajstić information content (AvgIpc) is 3.50. The van der Waals surface area contributed by atoms with Crippen LogP contribution < -0.4 is 16.4 Å². The second kappa shape index (κ2) is 7.49. The number of benzene rings is 4. The normalized spacial score (nSPS) is 21.5. The summed E-state index contributed by atoms with van der Waals surface area (Å²) >= 11 is 0. The van der Waals surface area contributed by atoms with Gasteiger partial charge in [0.05, 0.1) is 0 Å². The zero-order chi connectivity index (χ0) is 22.7. The highest BCUT2D eigenvalue weighted by Crippen LogP contribution is 2.61. The van der Waals surface area contributed by atoms with Gasteiger partial charge in [0.25, 0.3) is 0 Å². The molecule has 1 saturated carbocycles. The minimum atomic E-state index is 0.245. The summed E-state index contributed by atoms with van der Waals surface area (Å²) in [6.07, 6.45) is 1.25. The van der Waals surface area contributed by atoms with Crippen molar-refractivity contribution < 1.29 is 0 Å². The second-order valence-corrected chi connectivity index (χ2v) is 10.6. The van der Waals surface area contributed by atoms with Crippen molar-refractivity contribution in [1.82, 2.24) is 0 Å². The van der Waals surface area contributed by atoms with Crippen molar-refractivity contribution in [3.63, 3.8) is 0 Å². The van der Waals surface area contributed by atoms with Crippen LogP contribution >= 0.6 is 0 Å². The van der Waals surface area contributed by atoms with Crippen molar-refractivity contribution in [3.8, 4) is 0 Å². The first kappa shape index (κ1) is 20.5. The summed E-state index contributed by atoms with van der Waals surface area (Å²) in [4.78, 5) is 0. The molecule has 33 heavy (non-hydrogen) atoms. The lowest BCUT2D eigenvalue weighted by Gasteiger charge is -2.35. The van der Waals surface area contributed by atoms with Crippen LogP contribution in [-0.2, 0) is 5.41 Å². The van der Waals surface area contributed by atoms with E-state index in [-0.39, 0.29) is 5.41 Å². The van der Waals surface area contributed by atoms with Crippen LogP contribution in [0.1, 0.15) is 52.6 Å². The molecule has 162 valence electrons. The molecule has 1 aliphatic carbocycles. The van der Waals surface area contributed by atoms with Crippen LogP contribution in [0.25, 0.3) is 0 Å². The third-order valence-corrected chi connectivity index (χ3v) is 8.45. The summed E-state index contributed by atoms with van der Waals surface area (Å²) < 4.78 is 0. The summed E-state index contributed by atoms with van der Waals surface area (Å²) in [7, 11) is 0. The maximum absolute atomic E-state index is 2.47. The Hall–Kier alpha value is -3.06. The second-order valence-electron chi connectivity index (χ2n) is 10.6. The van der Waals surface area contributed by atoms with E-state index in [1.807, 2.05) is 0 Å². The van der Waals surface area contributed by atoms with Gasteiger partial charge in [-0.3, -0.25) is 0 Å². The quantitative estimate of drug-likeness (QED) is 0.377. The molecule has 4 aromatic rings. The maximum atomic E-state index is 2.47. The predicted molar refractivity (Wildman–Crippen MR) is 142 cm³/mol. The zero-order valence-corrected chi connectivity index (χ0v) is 20.1. The van der Waals surface area contributed by atoms with Crippen LogP contribution in [0.3, 0.4) is 0 Å². The fourth-order valence-electron chi connectivity index (χ4n) is 6.87. The minimum absolute atomic E-state index is 0.245. The lowest BCUT2D eigenvalue weighted by atomic mass is 9.31. The van der Waals surface area contributed by atoms with Gasteiger partial charge < -0.3 is 0 Å². The van der Waals surface area contributed by atoms with E-state index in [0.717, 1.165) is 0 Å². The van der Waals surface area contributed by atoms with E-state index in [2.05, 4.69) is 119 Å². The smallest absolute Gasteiger partial charge is 0.0667 e. The molecule has 6 rings (SSSR count). The first-order chi connectivity index (χ1) is 16.0. The van der Waals surface area contributed by atoms with Crippen molar-refractivity contribution >= 4 is 23.1 Å². The maximum Gasteiger partial charge on any atom is 0.242 e. The minimum Gasteiger partial charge on any atom is -0.0667 e. The highest BCUT2D eigenvalue weighted by Gasteiger charge is 2.57. The molecule has 1 fully saturated rings. The van der Waals surface area contributed by atoms with Crippen LogP contribution in [0.4, 0.5) is 0 Å². The van der Waals surface area contributed by atoms with Crippen LogP contribution in [0.2, 0.25) is 0 Å². The molecule has 0 spiro atoms. The Bertz CT molecular complexity index is 1280. The van der Waals surface area contributed by atoms with E-state index >= 15 is 0 Å². The molecular formula is C32H31B. The molecule has 0 N–H and O–H groups in total. The van der Waals surface area contributed by atoms with Gasteiger partial charge in [-0.05, 0) is 55.2 Å². The monoisotopic (exact) mass is 426 g/mol. The predicted octanol–water partition coefficient (Wildman–Crippen LogP) is 5.55. The third kappa shape index (κ3) is 3.13. The molecule has 2 atom stereocenters. The molecular weight excluding hydrogens is 395 g/mol. The van der Waals surface area contributed by atoms with Crippen LogP contribution in [-0.4, -0.2) is 6.71 Å². The Morgan fingerprint density at radius 2 is 1.21 bits per heavy atom. The number of hydrogen-bond acceptors (Lipinski definition) is 0. The van der Waals surface area contributed by atoms with Crippen molar-refractivity contribution in [1.29, 1.82) is 0 Å². The summed E-state index contributed by atoms with van der Waals surface area (Å²) in [6.45, 7) is 9.56. The van der Waals surface area contributed by atoms with E-state index in [0.29, 0.717) is 18.5 Å². The fraction of sp³-hybridized carbons (Fsp3) is 0.250. The van der Waals surface area contributed by atoms with Gasteiger partial charge in [0.15, 0.2) is 0 Å². The molecule has 0 aromatic heterocycles. The molecule has 1 aliphatic heterocycles. The molecule has 0 radical (unpaired) electrons. The summed E-state index contributed by atoms with van der Waals surface area (Å²) in [5.74, 6) is 1.08. The summed E-state index contributed by atoms with van der Waals surface area (Å²) in [5.41, 5.74) is 13.4. The molecule has 0 nitrogen and oxygen atoms in total. The Morgan fingerprint density at radius 3 is 1.79 bits per heavy atom. The first-order valence-electron chi connectivity index (χ1n) is 12.3. The molecule has 0 saturated heterocycles. The number of aryl methyl sites for hydroxylation is 3. The number of hydrogen-bond donors (Lipinski definition) is 0. The highest BCUT2D eigenvalue weighted by molar-refractivity contribution is 6.97. The average molecular weight is 426 g/mol. The SMILES string of the molecule is Cc1cc(C)c(B2c3ccccc3C([C@@H]3C[C@]3(C)c3ccccc3)c3ccccc32)c(C)c1. The van der Waals surface area contributed by atoms with Gasteiger partial charge in [-0.1, -0.05) is 131 Å².